The summed E-state index contributed by atoms with van der Waals surface area (Å²) in [4.78, 5) is 28.5. The third-order valence-electron chi connectivity index (χ3n) is 5.59. The van der Waals surface area contributed by atoms with Crippen molar-refractivity contribution in [1.82, 2.24) is 19.9 Å². The largest absolute Gasteiger partial charge is 0.480 e. The lowest BCUT2D eigenvalue weighted by Gasteiger charge is -2.17. The summed E-state index contributed by atoms with van der Waals surface area (Å²) in [6.45, 7) is 3.16. The Morgan fingerprint density at radius 2 is 1.67 bits per heavy atom. The van der Waals surface area contributed by atoms with Gasteiger partial charge in [-0.15, -0.1) is 0 Å². The molecule has 2 aromatic carbocycles. The number of rotatable bonds is 6. The molecule has 0 fully saturated rings. The lowest BCUT2D eigenvalue weighted by atomic mass is 10.0. The van der Waals surface area contributed by atoms with E-state index in [9.17, 15) is 32.3 Å². The molecule has 0 aliphatic carbocycles. The lowest BCUT2D eigenvalue weighted by Crippen LogP contribution is -2.44. The van der Waals surface area contributed by atoms with Gasteiger partial charge in [0.2, 0.25) is 0 Å². The highest BCUT2D eigenvalue weighted by Crippen LogP contribution is 2.33. The van der Waals surface area contributed by atoms with Crippen LogP contribution in [0.5, 0.6) is 0 Å². The van der Waals surface area contributed by atoms with Crippen molar-refractivity contribution in [2.24, 2.45) is 5.92 Å². The van der Waals surface area contributed by atoms with Crippen molar-refractivity contribution in [3.63, 3.8) is 0 Å². The minimum absolute atomic E-state index is 0.0943. The maximum Gasteiger partial charge on any atom is 0.433 e. The number of nitrogens with zero attached hydrogens (tertiary/aromatic N) is 3. The fraction of sp³-hybridized carbons (Fsp3) is 0.200. The first-order valence-electron chi connectivity index (χ1n) is 10.8. The maximum absolute atomic E-state index is 14.1. The van der Waals surface area contributed by atoms with E-state index < -0.39 is 41.5 Å². The van der Waals surface area contributed by atoms with Crippen LogP contribution in [0, 0.1) is 11.7 Å². The SMILES string of the molecule is CC(C)[C@H](NC(=O)c1cnn2c(C(F)(F)F)cc(-c3ccc(-c4ccccc4F)cc3)nc12)C(=O)O. The Kier molecular flexibility index (Phi) is 6.49. The van der Waals surface area contributed by atoms with Gasteiger partial charge in [0.1, 0.15) is 17.4 Å². The van der Waals surface area contributed by atoms with E-state index in [1.807, 2.05) is 0 Å². The zero-order valence-corrected chi connectivity index (χ0v) is 19.0. The molecule has 186 valence electrons. The van der Waals surface area contributed by atoms with Crippen LogP contribution < -0.4 is 5.32 Å². The summed E-state index contributed by atoms with van der Waals surface area (Å²) in [5, 5.41) is 15.3. The Bertz CT molecular complexity index is 1450. The Balaban J connectivity index is 1.80. The average molecular weight is 500 g/mol. The zero-order chi connectivity index (χ0) is 26.2. The molecule has 0 aliphatic rings. The highest BCUT2D eigenvalue weighted by molar-refractivity contribution is 6.01. The number of amides is 1. The van der Waals surface area contributed by atoms with Gasteiger partial charge in [0, 0.05) is 11.1 Å². The molecular weight excluding hydrogens is 480 g/mol. The summed E-state index contributed by atoms with van der Waals surface area (Å²) in [5.74, 6) is -3.12. The highest BCUT2D eigenvalue weighted by atomic mass is 19.4. The Hall–Kier alpha value is -4.28. The first-order valence-corrected chi connectivity index (χ1v) is 10.8. The van der Waals surface area contributed by atoms with Gasteiger partial charge in [-0.2, -0.15) is 18.3 Å². The molecule has 1 atom stereocenters. The van der Waals surface area contributed by atoms with E-state index in [4.69, 9.17) is 0 Å². The molecule has 0 unspecified atom stereocenters. The van der Waals surface area contributed by atoms with Crippen LogP contribution in [-0.4, -0.2) is 37.6 Å². The predicted molar refractivity (Wildman–Crippen MR) is 123 cm³/mol. The van der Waals surface area contributed by atoms with Gasteiger partial charge in [0.15, 0.2) is 11.3 Å². The first-order chi connectivity index (χ1) is 17.0. The third kappa shape index (κ3) is 4.77. The summed E-state index contributed by atoms with van der Waals surface area (Å²) < 4.78 is 56.2. The van der Waals surface area contributed by atoms with Gasteiger partial charge < -0.3 is 10.4 Å². The molecule has 0 bridgehead atoms. The molecule has 0 saturated carbocycles. The second kappa shape index (κ2) is 9.40. The van der Waals surface area contributed by atoms with Crippen molar-refractivity contribution in [1.29, 1.82) is 0 Å². The number of hydrogen-bond donors (Lipinski definition) is 2. The molecule has 0 saturated heterocycles. The van der Waals surface area contributed by atoms with Crippen LogP contribution in [-0.2, 0) is 11.0 Å². The van der Waals surface area contributed by atoms with Crippen LogP contribution in [0.15, 0.2) is 60.8 Å². The van der Waals surface area contributed by atoms with Crippen LogP contribution >= 0.6 is 0 Å². The third-order valence-corrected chi connectivity index (χ3v) is 5.59. The molecular formula is C25H20F4N4O3. The van der Waals surface area contributed by atoms with Gasteiger partial charge in [0.05, 0.1) is 11.9 Å². The van der Waals surface area contributed by atoms with Crippen LogP contribution in [0.4, 0.5) is 17.6 Å². The number of halogens is 4. The number of carbonyl (C=O) groups is 2. The summed E-state index contributed by atoms with van der Waals surface area (Å²) in [5.41, 5.74) is -0.813. The van der Waals surface area contributed by atoms with E-state index in [1.54, 1.807) is 44.2 Å². The standard InChI is InChI=1S/C25H20F4N4O3/c1-13(2)21(24(35)36)32-23(34)17-12-30-33-20(25(27,28)29)11-19(31-22(17)33)15-9-7-14(8-10-15)16-5-3-4-6-18(16)26/h3-13,21H,1-2H3,(H,32,34)(H,35,36)/t21-/m0/s1. The molecule has 0 radical (unpaired) electrons. The van der Waals surface area contributed by atoms with Gasteiger partial charge in [-0.25, -0.2) is 18.7 Å². The van der Waals surface area contributed by atoms with Gasteiger partial charge in [-0.1, -0.05) is 56.3 Å². The van der Waals surface area contributed by atoms with Crippen molar-refractivity contribution in [2.45, 2.75) is 26.1 Å². The van der Waals surface area contributed by atoms with Crippen molar-refractivity contribution < 1.29 is 32.3 Å². The molecule has 2 N–H and O–H groups in total. The molecule has 4 aromatic rings. The number of fused-ring (bicyclic) bond motifs is 1. The predicted octanol–water partition coefficient (Wildman–Crippen LogP) is 5.06. The number of alkyl halides is 3. The normalized spacial score (nSPS) is 12.6. The quantitative estimate of drug-likeness (QED) is 0.361. The fourth-order valence-electron chi connectivity index (χ4n) is 3.72. The smallest absolute Gasteiger partial charge is 0.433 e. The Morgan fingerprint density at radius 3 is 2.25 bits per heavy atom. The van der Waals surface area contributed by atoms with Gasteiger partial charge >= 0.3 is 12.1 Å². The number of carbonyl (C=O) groups excluding carboxylic acids is 1. The van der Waals surface area contributed by atoms with Crippen molar-refractivity contribution in [3.8, 4) is 22.4 Å². The minimum Gasteiger partial charge on any atom is -0.480 e. The molecule has 0 aliphatic heterocycles. The maximum atomic E-state index is 14.1. The van der Waals surface area contributed by atoms with E-state index in [-0.39, 0.29) is 16.9 Å². The van der Waals surface area contributed by atoms with Gasteiger partial charge in [-0.3, -0.25) is 4.79 Å². The number of aliphatic carboxylic acids is 1. The summed E-state index contributed by atoms with van der Waals surface area (Å²) in [6, 6.07) is 11.7. The summed E-state index contributed by atoms with van der Waals surface area (Å²) >= 11 is 0. The summed E-state index contributed by atoms with van der Waals surface area (Å²) in [7, 11) is 0. The zero-order valence-electron chi connectivity index (χ0n) is 19.0. The highest BCUT2D eigenvalue weighted by Gasteiger charge is 2.36. The molecule has 7 nitrogen and oxygen atoms in total. The van der Waals surface area contributed by atoms with Gasteiger partial charge in [0.25, 0.3) is 5.91 Å². The number of benzene rings is 2. The Labute approximate surface area is 202 Å². The first kappa shape index (κ1) is 24.8. The monoisotopic (exact) mass is 500 g/mol. The van der Waals surface area contributed by atoms with Crippen LogP contribution in [0.2, 0.25) is 0 Å². The minimum atomic E-state index is -4.83. The fourth-order valence-corrected chi connectivity index (χ4v) is 3.72. The molecule has 2 heterocycles. The average Bonchev–Trinajstić information content (AvgIpc) is 3.25. The topological polar surface area (TPSA) is 96.6 Å². The number of nitrogens with one attached hydrogen (secondary N) is 1. The second-order valence-corrected chi connectivity index (χ2v) is 8.41. The lowest BCUT2D eigenvalue weighted by molar-refractivity contribution is -0.142. The van der Waals surface area contributed by atoms with E-state index >= 15 is 0 Å². The molecule has 1 amide bonds. The van der Waals surface area contributed by atoms with E-state index in [2.05, 4.69) is 15.4 Å². The van der Waals surface area contributed by atoms with Crippen LogP contribution in [0.25, 0.3) is 28.0 Å². The second-order valence-electron chi connectivity index (χ2n) is 8.41. The van der Waals surface area contributed by atoms with Crippen LogP contribution in [0.3, 0.4) is 0 Å². The molecule has 0 spiro atoms. The van der Waals surface area contributed by atoms with E-state index in [1.165, 1.54) is 18.2 Å². The summed E-state index contributed by atoms with van der Waals surface area (Å²) in [6.07, 6.45) is -3.92. The molecule has 2 aromatic heterocycles. The number of carboxylic acids is 1. The number of carboxylic acid groups (broad SMARTS) is 1. The van der Waals surface area contributed by atoms with Crippen LogP contribution in [0.1, 0.15) is 29.9 Å². The number of aromatic nitrogens is 3. The molecule has 11 heteroatoms. The van der Waals surface area contributed by atoms with E-state index in [0.717, 1.165) is 12.3 Å². The number of hydrogen-bond acceptors (Lipinski definition) is 4. The van der Waals surface area contributed by atoms with Crippen molar-refractivity contribution in [3.05, 3.63) is 77.9 Å². The van der Waals surface area contributed by atoms with Crippen molar-refractivity contribution in [2.75, 3.05) is 0 Å². The molecule has 4 rings (SSSR count). The Morgan fingerprint density at radius 1 is 1.03 bits per heavy atom. The van der Waals surface area contributed by atoms with E-state index in [0.29, 0.717) is 21.2 Å². The van der Waals surface area contributed by atoms with Gasteiger partial charge in [-0.05, 0) is 23.6 Å². The molecule has 36 heavy (non-hydrogen) atoms. The van der Waals surface area contributed by atoms with Crippen molar-refractivity contribution >= 4 is 17.5 Å².